The fourth-order valence-corrected chi connectivity index (χ4v) is 1.80. The minimum absolute atomic E-state index is 0.145. The molecule has 0 aliphatic heterocycles. The van der Waals surface area contributed by atoms with Gasteiger partial charge in [0, 0.05) is 43.6 Å². The molecule has 0 aliphatic rings. The largest absolute Gasteiger partial charge is 0.398 e. The monoisotopic (exact) mass is 256 g/mol. The summed E-state index contributed by atoms with van der Waals surface area (Å²) in [5.41, 5.74) is 8.50. The van der Waals surface area contributed by atoms with E-state index >= 15 is 0 Å². The Morgan fingerprint density at radius 1 is 1.42 bits per heavy atom. The summed E-state index contributed by atoms with van der Waals surface area (Å²) in [6.07, 6.45) is 4.96. The number of carbonyl (C=O) groups excluding carboxylic acids is 1. The standard InChI is InChI=1S/C14H16N4O/c1-10-6-13(15)12(8-17-10)14(19)18(2)9-11-4-3-5-16-7-11/h3-8H,9H2,1-2H3,(H2,15,17). The van der Waals surface area contributed by atoms with Crippen molar-refractivity contribution in [3.8, 4) is 0 Å². The number of anilines is 1. The van der Waals surface area contributed by atoms with E-state index in [1.54, 1.807) is 30.4 Å². The molecule has 2 aromatic rings. The summed E-state index contributed by atoms with van der Waals surface area (Å²) < 4.78 is 0. The molecule has 2 N–H and O–H groups in total. The first-order valence-corrected chi connectivity index (χ1v) is 5.94. The first kappa shape index (κ1) is 13.0. The quantitative estimate of drug-likeness (QED) is 0.906. The number of aryl methyl sites for hydroxylation is 1. The van der Waals surface area contributed by atoms with E-state index in [-0.39, 0.29) is 5.91 Å². The fourth-order valence-electron chi connectivity index (χ4n) is 1.80. The van der Waals surface area contributed by atoms with Crippen molar-refractivity contribution in [2.75, 3.05) is 12.8 Å². The van der Waals surface area contributed by atoms with E-state index < -0.39 is 0 Å². The van der Waals surface area contributed by atoms with Crippen LogP contribution in [0, 0.1) is 6.92 Å². The summed E-state index contributed by atoms with van der Waals surface area (Å²) in [7, 11) is 1.73. The smallest absolute Gasteiger partial charge is 0.257 e. The lowest BCUT2D eigenvalue weighted by molar-refractivity contribution is 0.0785. The fraction of sp³-hybridized carbons (Fsp3) is 0.214. The predicted octanol–water partition coefficient (Wildman–Crippen LogP) is 1.64. The van der Waals surface area contributed by atoms with Crippen molar-refractivity contribution in [3.63, 3.8) is 0 Å². The van der Waals surface area contributed by atoms with Gasteiger partial charge in [-0.15, -0.1) is 0 Å². The van der Waals surface area contributed by atoms with Gasteiger partial charge in [-0.25, -0.2) is 0 Å². The molecule has 2 heterocycles. The first-order valence-electron chi connectivity index (χ1n) is 5.94. The molecule has 0 bridgehead atoms. The summed E-state index contributed by atoms with van der Waals surface area (Å²) in [5.74, 6) is -0.145. The van der Waals surface area contributed by atoms with Crippen LogP contribution in [0.25, 0.3) is 0 Å². The van der Waals surface area contributed by atoms with Gasteiger partial charge in [0.1, 0.15) is 0 Å². The Labute approximate surface area is 112 Å². The maximum atomic E-state index is 12.3. The molecule has 0 spiro atoms. The number of nitrogen functional groups attached to an aromatic ring is 1. The third-order valence-electron chi connectivity index (χ3n) is 2.79. The molecule has 2 rings (SSSR count). The Morgan fingerprint density at radius 3 is 2.84 bits per heavy atom. The van der Waals surface area contributed by atoms with Gasteiger partial charge in [-0.05, 0) is 24.6 Å². The number of amides is 1. The Balaban J connectivity index is 2.15. The molecule has 0 aromatic carbocycles. The Kier molecular flexibility index (Phi) is 3.75. The second-order valence-electron chi connectivity index (χ2n) is 4.44. The van der Waals surface area contributed by atoms with E-state index in [2.05, 4.69) is 9.97 Å². The second kappa shape index (κ2) is 5.48. The number of hydrogen-bond acceptors (Lipinski definition) is 4. The van der Waals surface area contributed by atoms with Crippen molar-refractivity contribution in [1.29, 1.82) is 0 Å². The zero-order chi connectivity index (χ0) is 13.8. The van der Waals surface area contributed by atoms with E-state index in [1.807, 2.05) is 19.1 Å². The molecule has 19 heavy (non-hydrogen) atoms. The van der Waals surface area contributed by atoms with Gasteiger partial charge in [-0.1, -0.05) is 6.07 Å². The lowest BCUT2D eigenvalue weighted by Crippen LogP contribution is -2.27. The molecule has 98 valence electrons. The second-order valence-corrected chi connectivity index (χ2v) is 4.44. The molecule has 0 aliphatic carbocycles. The molecule has 5 nitrogen and oxygen atoms in total. The van der Waals surface area contributed by atoms with Crippen LogP contribution in [-0.4, -0.2) is 27.8 Å². The highest BCUT2D eigenvalue weighted by Gasteiger charge is 2.15. The highest BCUT2D eigenvalue weighted by molar-refractivity contribution is 5.98. The van der Waals surface area contributed by atoms with Crippen LogP contribution in [-0.2, 0) is 6.54 Å². The number of aromatic nitrogens is 2. The SMILES string of the molecule is Cc1cc(N)c(C(=O)N(C)Cc2cccnc2)cn1. The van der Waals surface area contributed by atoms with Gasteiger partial charge in [0.05, 0.1) is 5.56 Å². The number of rotatable bonds is 3. The number of nitrogens with two attached hydrogens (primary N) is 1. The minimum Gasteiger partial charge on any atom is -0.398 e. The zero-order valence-electron chi connectivity index (χ0n) is 11.0. The van der Waals surface area contributed by atoms with E-state index in [1.165, 1.54) is 6.20 Å². The molecular weight excluding hydrogens is 240 g/mol. The van der Waals surface area contributed by atoms with E-state index in [4.69, 9.17) is 5.73 Å². The minimum atomic E-state index is -0.145. The van der Waals surface area contributed by atoms with Gasteiger partial charge in [0.2, 0.25) is 0 Å². The van der Waals surface area contributed by atoms with Crippen LogP contribution >= 0.6 is 0 Å². The van der Waals surface area contributed by atoms with Gasteiger partial charge in [0.15, 0.2) is 0 Å². The molecule has 2 aromatic heterocycles. The van der Waals surface area contributed by atoms with Crippen LogP contribution in [0.15, 0.2) is 36.8 Å². The first-order chi connectivity index (χ1) is 9.08. The molecular formula is C14H16N4O. The van der Waals surface area contributed by atoms with Gasteiger partial charge in [-0.3, -0.25) is 14.8 Å². The molecule has 0 unspecified atom stereocenters. The van der Waals surface area contributed by atoms with Crippen LogP contribution in [0.1, 0.15) is 21.6 Å². The molecule has 0 fully saturated rings. The summed E-state index contributed by atoms with van der Waals surface area (Å²) in [5, 5.41) is 0. The Bertz CT molecular complexity index is 583. The summed E-state index contributed by atoms with van der Waals surface area (Å²) in [4.78, 5) is 22.0. The van der Waals surface area contributed by atoms with E-state index in [0.717, 1.165) is 11.3 Å². The topological polar surface area (TPSA) is 72.1 Å². The van der Waals surface area contributed by atoms with Crippen molar-refractivity contribution < 1.29 is 4.79 Å². The highest BCUT2D eigenvalue weighted by Crippen LogP contribution is 2.14. The number of hydrogen-bond donors (Lipinski definition) is 1. The van der Waals surface area contributed by atoms with E-state index in [0.29, 0.717) is 17.8 Å². The van der Waals surface area contributed by atoms with Gasteiger partial charge in [-0.2, -0.15) is 0 Å². The molecule has 0 saturated heterocycles. The highest BCUT2D eigenvalue weighted by atomic mass is 16.2. The molecule has 0 atom stereocenters. The van der Waals surface area contributed by atoms with E-state index in [9.17, 15) is 4.79 Å². The van der Waals surface area contributed by atoms with Crippen molar-refractivity contribution in [1.82, 2.24) is 14.9 Å². The van der Waals surface area contributed by atoms with Gasteiger partial charge < -0.3 is 10.6 Å². The number of carbonyl (C=O) groups is 1. The number of nitrogens with zero attached hydrogens (tertiary/aromatic N) is 3. The molecule has 0 radical (unpaired) electrons. The summed E-state index contributed by atoms with van der Waals surface area (Å²) in [6.45, 7) is 2.32. The van der Waals surface area contributed by atoms with Crippen LogP contribution in [0.5, 0.6) is 0 Å². The van der Waals surface area contributed by atoms with Crippen LogP contribution in [0.3, 0.4) is 0 Å². The molecule has 5 heteroatoms. The zero-order valence-corrected chi connectivity index (χ0v) is 11.0. The van der Waals surface area contributed by atoms with Crippen LogP contribution in [0.4, 0.5) is 5.69 Å². The Hall–Kier alpha value is -2.43. The van der Waals surface area contributed by atoms with Crippen molar-refractivity contribution >= 4 is 11.6 Å². The van der Waals surface area contributed by atoms with Crippen molar-refractivity contribution in [2.24, 2.45) is 0 Å². The molecule has 0 saturated carbocycles. The number of pyridine rings is 2. The third kappa shape index (κ3) is 3.07. The average Bonchev–Trinajstić information content (AvgIpc) is 2.39. The Morgan fingerprint density at radius 2 is 2.21 bits per heavy atom. The summed E-state index contributed by atoms with van der Waals surface area (Å²) >= 11 is 0. The average molecular weight is 256 g/mol. The van der Waals surface area contributed by atoms with Crippen molar-refractivity contribution in [3.05, 3.63) is 53.6 Å². The van der Waals surface area contributed by atoms with Crippen molar-refractivity contribution in [2.45, 2.75) is 13.5 Å². The summed E-state index contributed by atoms with van der Waals surface area (Å²) in [6, 6.07) is 5.47. The lowest BCUT2D eigenvalue weighted by Gasteiger charge is -2.18. The normalized spacial score (nSPS) is 10.2. The maximum absolute atomic E-state index is 12.3. The third-order valence-corrected chi connectivity index (χ3v) is 2.79. The molecule has 1 amide bonds. The lowest BCUT2D eigenvalue weighted by atomic mass is 10.2. The van der Waals surface area contributed by atoms with Gasteiger partial charge >= 0.3 is 0 Å². The maximum Gasteiger partial charge on any atom is 0.257 e. The predicted molar refractivity (Wildman–Crippen MR) is 73.4 cm³/mol. The van der Waals surface area contributed by atoms with Crippen LogP contribution in [0.2, 0.25) is 0 Å². The van der Waals surface area contributed by atoms with Crippen LogP contribution < -0.4 is 5.73 Å². The van der Waals surface area contributed by atoms with Gasteiger partial charge in [0.25, 0.3) is 5.91 Å².